The molecule has 0 aromatic rings. The van der Waals surface area contributed by atoms with Gasteiger partial charge in [0.2, 0.25) is 0 Å². The van der Waals surface area contributed by atoms with Gasteiger partial charge in [0.1, 0.15) is 0 Å². The van der Waals surface area contributed by atoms with E-state index < -0.39 is 0 Å². The minimum Gasteiger partial charge on any atom is -0.301 e. The maximum absolute atomic E-state index is 8.32. The third-order valence-corrected chi connectivity index (χ3v) is 1.59. The Morgan fingerprint density at radius 3 is 2.30 bits per heavy atom. The summed E-state index contributed by atoms with van der Waals surface area (Å²) in [6.07, 6.45) is 0. The summed E-state index contributed by atoms with van der Waals surface area (Å²) in [6, 6.07) is 2.22. The molecular formula is C8H16N2. The lowest BCUT2D eigenvalue weighted by Crippen LogP contribution is -2.45. The van der Waals surface area contributed by atoms with Crippen molar-refractivity contribution in [3.8, 4) is 6.07 Å². The van der Waals surface area contributed by atoms with E-state index in [1.165, 1.54) is 0 Å². The fraction of sp³-hybridized carbons (Fsp3) is 0.875. The Kier molecular flexibility index (Phi) is 4.96. The first-order valence-corrected chi connectivity index (χ1v) is 3.98. The van der Waals surface area contributed by atoms with E-state index in [1.54, 1.807) is 0 Å². The van der Waals surface area contributed by atoms with E-state index in [1.807, 2.05) is 13.8 Å². The fourth-order valence-electron chi connectivity index (χ4n) is 0.910. The van der Waals surface area contributed by atoms with E-state index in [0.29, 0.717) is 5.92 Å². The van der Waals surface area contributed by atoms with Gasteiger partial charge in [0.25, 0.3) is 0 Å². The predicted molar refractivity (Wildman–Crippen MR) is 42.6 cm³/mol. The average molecular weight is 140 g/mol. The highest BCUT2D eigenvalue weighted by Crippen LogP contribution is 2.12. The number of rotatable bonds is 1. The summed E-state index contributed by atoms with van der Waals surface area (Å²) in [6.45, 7) is 9.20. The first kappa shape index (κ1) is 9.45. The molecule has 0 aliphatic carbocycles. The van der Waals surface area contributed by atoms with Gasteiger partial charge in [-0.15, -0.1) is 0 Å². The molecule has 0 aromatic carbocycles. The maximum Gasteiger partial charge on any atom is 0.0717 e. The molecule has 1 fully saturated rings. The van der Waals surface area contributed by atoms with Crippen LogP contribution >= 0.6 is 0 Å². The highest BCUT2D eigenvalue weighted by atomic mass is 15.2. The second-order valence-electron chi connectivity index (χ2n) is 2.18. The van der Waals surface area contributed by atoms with E-state index in [2.05, 4.69) is 17.9 Å². The maximum atomic E-state index is 8.32. The molecule has 1 saturated heterocycles. The van der Waals surface area contributed by atoms with Crippen molar-refractivity contribution in [2.24, 2.45) is 5.92 Å². The van der Waals surface area contributed by atoms with E-state index >= 15 is 0 Å². The quantitative estimate of drug-likeness (QED) is 0.551. The number of hydrogen-bond donors (Lipinski definition) is 0. The Balaban J connectivity index is 0.000000371. The van der Waals surface area contributed by atoms with Crippen LogP contribution in [-0.4, -0.2) is 24.5 Å². The van der Waals surface area contributed by atoms with Crippen LogP contribution in [0.2, 0.25) is 0 Å². The van der Waals surface area contributed by atoms with E-state index in [9.17, 15) is 0 Å². The predicted octanol–water partition coefficient (Wildman–Crippen LogP) is 1.49. The van der Waals surface area contributed by atoms with Crippen molar-refractivity contribution in [1.29, 1.82) is 5.26 Å². The van der Waals surface area contributed by atoms with Crippen molar-refractivity contribution in [2.45, 2.75) is 20.8 Å². The molecule has 1 rings (SSSR count). The zero-order valence-electron chi connectivity index (χ0n) is 7.09. The van der Waals surface area contributed by atoms with Crippen LogP contribution in [-0.2, 0) is 0 Å². The van der Waals surface area contributed by atoms with Crippen molar-refractivity contribution in [3.05, 3.63) is 0 Å². The van der Waals surface area contributed by atoms with Crippen molar-refractivity contribution in [3.63, 3.8) is 0 Å². The molecular weight excluding hydrogens is 124 g/mol. The van der Waals surface area contributed by atoms with Gasteiger partial charge < -0.3 is 4.90 Å². The summed E-state index contributed by atoms with van der Waals surface area (Å²) in [5.41, 5.74) is 0. The molecule has 0 aromatic heterocycles. The van der Waals surface area contributed by atoms with Crippen molar-refractivity contribution in [2.75, 3.05) is 19.6 Å². The van der Waals surface area contributed by atoms with Gasteiger partial charge in [0, 0.05) is 13.1 Å². The van der Waals surface area contributed by atoms with Gasteiger partial charge in [-0.25, -0.2) is 0 Å². The molecule has 2 nitrogen and oxygen atoms in total. The highest BCUT2D eigenvalue weighted by Gasteiger charge is 2.23. The normalized spacial score (nSPS) is 18.2. The van der Waals surface area contributed by atoms with Gasteiger partial charge in [-0.3, -0.25) is 0 Å². The summed E-state index contributed by atoms with van der Waals surface area (Å²) >= 11 is 0. The Morgan fingerprint density at radius 1 is 1.50 bits per heavy atom. The molecule has 0 amide bonds. The first-order valence-electron chi connectivity index (χ1n) is 3.98. The fourth-order valence-corrected chi connectivity index (χ4v) is 0.910. The molecule has 0 unspecified atom stereocenters. The summed E-state index contributed by atoms with van der Waals surface area (Å²) in [5, 5.41) is 8.32. The van der Waals surface area contributed by atoms with Crippen molar-refractivity contribution >= 4 is 0 Å². The van der Waals surface area contributed by atoms with Crippen LogP contribution in [0.5, 0.6) is 0 Å². The Morgan fingerprint density at radius 2 is 2.00 bits per heavy atom. The average Bonchev–Trinajstić information content (AvgIpc) is 1.91. The molecule has 1 heterocycles. The number of nitrogens with zero attached hydrogens (tertiary/aromatic N) is 2. The molecule has 0 saturated carbocycles. The number of nitriles is 1. The lowest BCUT2D eigenvalue weighted by atomic mass is 10.0. The molecule has 2 heteroatoms. The molecule has 10 heavy (non-hydrogen) atoms. The van der Waals surface area contributed by atoms with Crippen molar-refractivity contribution in [1.82, 2.24) is 4.90 Å². The lowest BCUT2D eigenvalue weighted by Gasteiger charge is -2.33. The molecule has 0 bridgehead atoms. The molecule has 0 N–H and O–H groups in total. The topological polar surface area (TPSA) is 27.0 Å². The number of likely N-dealkylation sites (tertiary alicyclic amines) is 1. The smallest absolute Gasteiger partial charge is 0.0717 e. The lowest BCUT2D eigenvalue weighted by molar-refractivity contribution is 0.144. The van der Waals surface area contributed by atoms with E-state index in [0.717, 1.165) is 19.6 Å². The standard InChI is InChI=1S/C6H10N2.C2H6/c1-2-8-4-6(3-7)5-8;1-2/h6H,2,4-5H2,1H3;1-2H3. The second-order valence-corrected chi connectivity index (χ2v) is 2.18. The minimum absolute atomic E-state index is 0.329. The first-order chi connectivity index (χ1) is 4.86. The summed E-state index contributed by atoms with van der Waals surface area (Å²) in [7, 11) is 0. The van der Waals surface area contributed by atoms with Crippen LogP contribution in [0, 0.1) is 17.2 Å². The van der Waals surface area contributed by atoms with Gasteiger partial charge in [-0.05, 0) is 6.54 Å². The Bertz CT molecular complexity index is 109. The molecule has 1 aliphatic heterocycles. The number of hydrogen-bond acceptors (Lipinski definition) is 2. The molecule has 0 spiro atoms. The minimum atomic E-state index is 0.329. The second kappa shape index (κ2) is 5.25. The third-order valence-electron chi connectivity index (χ3n) is 1.59. The van der Waals surface area contributed by atoms with Gasteiger partial charge in [0.15, 0.2) is 0 Å². The summed E-state index contributed by atoms with van der Waals surface area (Å²) in [4.78, 5) is 2.26. The van der Waals surface area contributed by atoms with Crippen molar-refractivity contribution < 1.29 is 0 Å². The zero-order chi connectivity index (χ0) is 7.98. The van der Waals surface area contributed by atoms with Gasteiger partial charge >= 0.3 is 0 Å². The van der Waals surface area contributed by atoms with Gasteiger partial charge in [-0.2, -0.15) is 5.26 Å². The largest absolute Gasteiger partial charge is 0.301 e. The molecule has 1 aliphatic rings. The zero-order valence-corrected chi connectivity index (χ0v) is 7.09. The SMILES string of the molecule is CC.CCN1CC(C#N)C1. The highest BCUT2D eigenvalue weighted by molar-refractivity contribution is 4.94. The van der Waals surface area contributed by atoms with Crippen LogP contribution in [0.15, 0.2) is 0 Å². The van der Waals surface area contributed by atoms with Crippen LogP contribution in [0.3, 0.4) is 0 Å². The summed E-state index contributed by atoms with van der Waals surface area (Å²) < 4.78 is 0. The van der Waals surface area contributed by atoms with Gasteiger partial charge in [0.05, 0.1) is 12.0 Å². The van der Waals surface area contributed by atoms with Crippen LogP contribution in [0.25, 0.3) is 0 Å². The molecule has 0 atom stereocenters. The van der Waals surface area contributed by atoms with E-state index in [-0.39, 0.29) is 0 Å². The third kappa shape index (κ3) is 2.36. The summed E-state index contributed by atoms with van der Waals surface area (Å²) in [5.74, 6) is 0.329. The van der Waals surface area contributed by atoms with Crippen LogP contribution < -0.4 is 0 Å². The Labute approximate surface area is 63.4 Å². The molecule has 0 radical (unpaired) electrons. The Hall–Kier alpha value is -0.550. The van der Waals surface area contributed by atoms with Crippen LogP contribution in [0.1, 0.15) is 20.8 Å². The molecule has 58 valence electrons. The monoisotopic (exact) mass is 140 g/mol. The van der Waals surface area contributed by atoms with E-state index in [4.69, 9.17) is 5.26 Å². The van der Waals surface area contributed by atoms with Crippen LogP contribution in [0.4, 0.5) is 0 Å². The van der Waals surface area contributed by atoms with Gasteiger partial charge in [-0.1, -0.05) is 20.8 Å².